The van der Waals surface area contributed by atoms with Crippen molar-refractivity contribution < 1.29 is 17.6 Å². The third-order valence-electron chi connectivity index (χ3n) is 5.67. The summed E-state index contributed by atoms with van der Waals surface area (Å²) in [6.07, 6.45) is 2.63. The fourth-order valence-electron chi connectivity index (χ4n) is 3.76. The Kier molecular flexibility index (Phi) is 7.61. The van der Waals surface area contributed by atoms with Gasteiger partial charge in [0.2, 0.25) is 15.9 Å². The van der Waals surface area contributed by atoms with Gasteiger partial charge in [0.05, 0.1) is 5.75 Å². The Balaban J connectivity index is 1.41. The first kappa shape index (κ1) is 22.4. The first-order valence-corrected chi connectivity index (χ1v) is 12.0. The maximum absolute atomic E-state index is 12.9. The van der Waals surface area contributed by atoms with E-state index < -0.39 is 10.0 Å². The van der Waals surface area contributed by atoms with Gasteiger partial charge in [-0.1, -0.05) is 36.4 Å². The summed E-state index contributed by atoms with van der Waals surface area (Å²) >= 11 is 0. The zero-order valence-electron chi connectivity index (χ0n) is 17.3. The van der Waals surface area contributed by atoms with Crippen LogP contribution in [0.1, 0.15) is 36.0 Å². The molecular weight excluding hydrogens is 403 g/mol. The van der Waals surface area contributed by atoms with Gasteiger partial charge in [-0.3, -0.25) is 4.79 Å². The normalized spacial score (nSPS) is 15.8. The number of benzene rings is 2. The van der Waals surface area contributed by atoms with Crippen LogP contribution in [-0.4, -0.2) is 38.3 Å². The zero-order valence-corrected chi connectivity index (χ0v) is 18.1. The van der Waals surface area contributed by atoms with Gasteiger partial charge in [-0.05, 0) is 61.4 Å². The molecule has 0 atom stereocenters. The number of rotatable bonds is 8. The first-order chi connectivity index (χ1) is 14.3. The summed E-state index contributed by atoms with van der Waals surface area (Å²) in [6.45, 7) is 3.23. The minimum Gasteiger partial charge on any atom is -0.356 e. The van der Waals surface area contributed by atoms with Gasteiger partial charge in [0, 0.05) is 25.6 Å². The summed E-state index contributed by atoms with van der Waals surface area (Å²) in [4.78, 5) is 12.4. The molecular formula is C23H29FN2O3S. The highest BCUT2D eigenvalue weighted by Gasteiger charge is 2.31. The maximum atomic E-state index is 12.9. The molecule has 1 amide bonds. The molecule has 1 saturated heterocycles. The van der Waals surface area contributed by atoms with Gasteiger partial charge in [0.25, 0.3) is 0 Å². The van der Waals surface area contributed by atoms with Crippen LogP contribution in [0.3, 0.4) is 0 Å². The van der Waals surface area contributed by atoms with Crippen LogP contribution in [0.2, 0.25) is 0 Å². The predicted molar refractivity (Wildman–Crippen MR) is 116 cm³/mol. The Labute approximate surface area is 178 Å². The highest BCUT2D eigenvalue weighted by atomic mass is 32.2. The molecule has 1 N–H and O–H groups in total. The number of nitrogens with zero attached hydrogens (tertiary/aromatic N) is 1. The lowest BCUT2D eigenvalue weighted by Crippen LogP contribution is -2.43. The van der Waals surface area contributed by atoms with E-state index >= 15 is 0 Å². The van der Waals surface area contributed by atoms with Crippen LogP contribution in [0, 0.1) is 18.7 Å². The Bertz CT molecular complexity index is 953. The molecule has 0 radical (unpaired) electrons. The van der Waals surface area contributed by atoms with Crippen molar-refractivity contribution in [3.05, 3.63) is 71.0 Å². The van der Waals surface area contributed by atoms with E-state index in [1.807, 2.05) is 31.2 Å². The third kappa shape index (κ3) is 6.12. The van der Waals surface area contributed by atoms with Gasteiger partial charge in [-0.2, -0.15) is 0 Å². The zero-order chi connectivity index (χ0) is 21.6. The smallest absolute Gasteiger partial charge is 0.223 e. The fraction of sp³-hybridized carbons (Fsp3) is 0.435. The number of carbonyl (C=O) groups is 1. The van der Waals surface area contributed by atoms with E-state index in [1.165, 1.54) is 16.4 Å². The molecule has 0 spiro atoms. The molecule has 1 aliphatic rings. The lowest BCUT2D eigenvalue weighted by Gasteiger charge is -2.30. The average molecular weight is 433 g/mol. The number of amides is 1. The van der Waals surface area contributed by atoms with Gasteiger partial charge in [0.1, 0.15) is 5.82 Å². The van der Waals surface area contributed by atoms with Crippen molar-refractivity contribution in [1.82, 2.24) is 9.62 Å². The highest BCUT2D eigenvalue weighted by molar-refractivity contribution is 7.88. The van der Waals surface area contributed by atoms with Crippen LogP contribution in [-0.2, 0) is 27.0 Å². The molecule has 0 unspecified atom stereocenters. The van der Waals surface area contributed by atoms with Gasteiger partial charge in [-0.25, -0.2) is 17.1 Å². The van der Waals surface area contributed by atoms with Gasteiger partial charge in [0.15, 0.2) is 0 Å². The van der Waals surface area contributed by atoms with Crippen molar-refractivity contribution >= 4 is 15.9 Å². The molecule has 1 heterocycles. The van der Waals surface area contributed by atoms with Crippen molar-refractivity contribution in [2.24, 2.45) is 5.92 Å². The van der Waals surface area contributed by atoms with E-state index in [0.29, 0.717) is 32.5 Å². The second-order valence-corrected chi connectivity index (χ2v) is 9.85. The molecule has 1 fully saturated rings. The first-order valence-electron chi connectivity index (χ1n) is 10.4. The molecule has 162 valence electrons. The number of hydrogen-bond acceptors (Lipinski definition) is 3. The van der Waals surface area contributed by atoms with Crippen LogP contribution >= 0.6 is 0 Å². The third-order valence-corrected chi connectivity index (χ3v) is 7.50. The van der Waals surface area contributed by atoms with E-state index in [2.05, 4.69) is 5.32 Å². The molecule has 1 aliphatic heterocycles. The second-order valence-electron chi connectivity index (χ2n) is 7.88. The number of nitrogens with one attached hydrogen (secondary N) is 1. The van der Waals surface area contributed by atoms with Crippen molar-refractivity contribution in [2.45, 2.75) is 38.4 Å². The van der Waals surface area contributed by atoms with E-state index in [-0.39, 0.29) is 23.4 Å². The minimum absolute atomic E-state index is 0.0000774. The Morgan fingerprint density at radius 2 is 1.77 bits per heavy atom. The number of aryl methyl sites for hydroxylation is 2. The Morgan fingerprint density at radius 3 is 2.43 bits per heavy atom. The maximum Gasteiger partial charge on any atom is 0.223 e. The van der Waals surface area contributed by atoms with Crippen LogP contribution in [0.25, 0.3) is 0 Å². The monoisotopic (exact) mass is 432 g/mol. The SMILES string of the molecule is Cc1ccccc1CS(=O)(=O)N1CCC(C(=O)NCCCc2ccc(F)cc2)CC1. The summed E-state index contributed by atoms with van der Waals surface area (Å²) in [5.41, 5.74) is 2.83. The van der Waals surface area contributed by atoms with Gasteiger partial charge >= 0.3 is 0 Å². The summed E-state index contributed by atoms with van der Waals surface area (Å²) < 4.78 is 39.9. The number of sulfonamides is 1. The standard InChI is InChI=1S/C23H29FN2O3S/c1-18-5-2-3-7-21(18)17-30(28,29)26-15-12-20(13-16-26)23(27)25-14-4-6-19-8-10-22(24)11-9-19/h2-3,5,7-11,20H,4,6,12-17H2,1H3,(H,25,27). The van der Waals surface area contributed by atoms with Crippen LogP contribution in [0.5, 0.6) is 0 Å². The number of hydrogen-bond donors (Lipinski definition) is 1. The largest absolute Gasteiger partial charge is 0.356 e. The summed E-state index contributed by atoms with van der Waals surface area (Å²) in [5.74, 6) is -0.412. The summed E-state index contributed by atoms with van der Waals surface area (Å²) in [5, 5.41) is 2.95. The van der Waals surface area contributed by atoms with Gasteiger partial charge in [-0.15, -0.1) is 0 Å². The van der Waals surface area contributed by atoms with E-state index in [1.54, 1.807) is 12.1 Å². The number of halogens is 1. The Morgan fingerprint density at radius 1 is 1.10 bits per heavy atom. The van der Waals surface area contributed by atoms with E-state index in [4.69, 9.17) is 0 Å². The van der Waals surface area contributed by atoms with Crippen LogP contribution in [0.15, 0.2) is 48.5 Å². The highest BCUT2D eigenvalue weighted by Crippen LogP contribution is 2.22. The lowest BCUT2D eigenvalue weighted by molar-refractivity contribution is -0.126. The lowest BCUT2D eigenvalue weighted by atomic mass is 9.97. The van der Waals surface area contributed by atoms with E-state index in [9.17, 15) is 17.6 Å². The van der Waals surface area contributed by atoms with Gasteiger partial charge < -0.3 is 5.32 Å². The van der Waals surface area contributed by atoms with E-state index in [0.717, 1.165) is 29.5 Å². The van der Waals surface area contributed by atoms with Crippen LogP contribution in [0.4, 0.5) is 4.39 Å². The second kappa shape index (κ2) is 10.2. The topological polar surface area (TPSA) is 66.5 Å². The molecule has 0 aliphatic carbocycles. The molecule has 30 heavy (non-hydrogen) atoms. The molecule has 0 bridgehead atoms. The number of carbonyl (C=O) groups excluding carboxylic acids is 1. The van der Waals surface area contributed by atoms with Crippen molar-refractivity contribution in [1.29, 1.82) is 0 Å². The van der Waals surface area contributed by atoms with Crippen molar-refractivity contribution in [3.63, 3.8) is 0 Å². The molecule has 0 saturated carbocycles. The number of piperidine rings is 1. The van der Waals surface area contributed by atoms with Crippen molar-refractivity contribution in [2.75, 3.05) is 19.6 Å². The Hall–Kier alpha value is -2.25. The summed E-state index contributed by atoms with van der Waals surface area (Å²) in [7, 11) is -3.39. The quantitative estimate of drug-likeness (QED) is 0.650. The van der Waals surface area contributed by atoms with Crippen LogP contribution < -0.4 is 5.32 Å². The molecule has 5 nitrogen and oxygen atoms in total. The fourth-order valence-corrected chi connectivity index (χ4v) is 5.42. The molecule has 0 aromatic heterocycles. The molecule has 2 aromatic carbocycles. The minimum atomic E-state index is -3.39. The summed E-state index contributed by atoms with van der Waals surface area (Å²) in [6, 6.07) is 13.9. The van der Waals surface area contributed by atoms with Crippen molar-refractivity contribution in [3.8, 4) is 0 Å². The predicted octanol–water partition coefficient (Wildman–Crippen LogP) is 3.42. The molecule has 7 heteroatoms. The molecule has 3 rings (SSSR count). The molecule has 2 aromatic rings. The average Bonchev–Trinajstić information content (AvgIpc) is 2.74.